The maximum atomic E-state index is 13.4. The molecular weight excluding hydrogens is 446 g/mol. The molecule has 0 bridgehead atoms. The molecule has 8 heteroatoms. The molecular formula is C25H30ClNO6. The number of hydrogen-bond donors (Lipinski definition) is 1. The summed E-state index contributed by atoms with van der Waals surface area (Å²) in [4.78, 5) is 31.4. The Labute approximate surface area is 198 Å². The van der Waals surface area contributed by atoms with Crippen molar-refractivity contribution in [1.29, 1.82) is 0 Å². The number of hydrogen-bond acceptors (Lipinski definition) is 7. The van der Waals surface area contributed by atoms with Crippen LogP contribution in [0.3, 0.4) is 0 Å². The second-order valence-electron chi connectivity index (χ2n) is 9.83. The molecule has 1 unspecified atom stereocenters. The van der Waals surface area contributed by atoms with Crippen LogP contribution in [0.2, 0.25) is 5.02 Å². The van der Waals surface area contributed by atoms with Crippen molar-refractivity contribution in [2.24, 2.45) is 16.3 Å². The Morgan fingerprint density at radius 2 is 2.09 bits per heavy atom. The molecule has 2 aliphatic heterocycles. The monoisotopic (exact) mass is 475 g/mol. The molecule has 0 radical (unpaired) electrons. The lowest BCUT2D eigenvalue weighted by Gasteiger charge is -2.39. The van der Waals surface area contributed by atoms with Crippen LogP contribution in [0.5, 0.6) is 11.5 Å². The van der Waals surface area contributed by atoms with Gasteiger partial charge in [-0.1, -0.05) is 25.4 Å². The third-order valence-electron chi connectivity index (χ3n) is 6.62. The number of phenols is 1. The molecule has 3 aliphatic rings. The number of Topliss-reactive ketones (excluding diaryl/α,β-unsaturated/α-hetero) is 1. The summed E-state index contributed by atoms with van der Waals surface area (Å²) < 4.78 is 16.5. The highest BCUT2D eigenvalue weighted by atomic mass is 35.5. The smallest absolute Gasteiger partial charge is 0.315 e. The first-order chi connectivity index (χ1) is 15.6. The topological polar surface area (TPSA) is 94.4 Å². The summed E-state index contributed by atoms with van der Waals surface area (Å²) in [6, 6.07) is 3.21. The highest BCUT2D eigenvalue weighted by Gasteiger charge is 2.46. The zero-order valence-electron chi connectivity index (χ0n) is 19.4. The number of ketones is 1. The largest absolute Gasteiger partial charge is 0.503 e. The summed E-state index contributed by atoms with van der Waals surface area (Å²) in [6.45, 7) is 6.71. The van der Waals surface area contributed by atoms with Gasteiger partial charge in [-0.2, -0.15) is 0 Å². The van der Waals surface area contributed by atoms with Crippen LogP contribution in [-0.4, -0.2) is 49.0 Å². The SMILES string of the molecule is COc1cc([C@H]2C3=C(CC(C)(C)CC3=O)N=C(C)C2C(=O)OC[C@H]2CCCO2)cc(Cl)c1O. The van der Waals surface area contributed by atoms with Crippen molar-refractivity contribution >= 4 is 29.1 Å². The van der Waals surface area contributed by atoms with Gasteiger partial charge in [0, 0.05) is 35.9 Å². The molecule has 3 atom stereocenters. The van der Waals surface area contributed by atoms with E-state index in [0.29, 0.717) is 42.0 Å². The average Bonchev–Trinajstić information content (AvgIpc) is 3.25. The lowest BCUT2D eigenvalue weighted by atomic mass is 9.67. The number of aromatic hydroxyl groups is 1. The summed E-state index contributed by atoms with van der Waals surface area (Å²) in [7, 11) is 1.43. The van der Waals surface area contributed by atoms with Gasteiger partial charge in [-0.05, 0) is 49.3 Å². The number of methoxy groups -OCH3 is 1. The van der Waals surface area contributed by atoms with Gasteiger partial charge in [0.2, 0.25) is 0 Å². The third-order valence-corrected chi connectivity index (χ3v) is 6.91. The van der Waals surface area contributed by atoms with E-state index in [9.17, 15) is 14.7 Å². The molecule has 33 heavy (non-hydrogen) atoms. The van der Waals surface area contributed by atoms with Crippen LogP contribution in [0.25, 0.3) is 0 Å². The Kier molecular flexibility index (Phi) is 6.56. The molecule has 1 fully saturated rings. The summed E-state index contributed by atoms with van der Waals surface area (Å²) in [5, 5.41) is 10.3. The standard InChI is InChI=1S/C25H30ClNO6/c1-13-20(24(30)33-12-15-6-5-7-32-15)21(14-8-16(26)23(29)19(9-14)31-4)22-17(27-13)10-25(2,3)11-18(22)28/h8-9,15,20-21,29H,5-7,10-12H2,1-4H3/t15-,20?,21-/m1/s1. The number of allylic oxidation sites excluding steroid dienone is 2. The summed E-state index contributed by atoms with van der Waals surface area (Å²) in [6.07, 6.45) is 2.67. The van der Waals surface area contributed by atoms with Crippen LogP contribution in [0.4, 0.5) is 0 Å². The van der Waals surface area contributed by atoms with Gasteiger partial charge in [0.15, 0.2) is 17.3 Å². The van der Waals surface area contributed by atoms with Crippen LogP contribution < -0.4 is 4.74 Å². The van der Waals surface area contributed by atoms with E-state index < -0.39 is 17.8 Å². The van der Waals surface area contributed by atoms with Gasteiger partial charge in [-0.25, -0.2) is 0 Å². The zero-order valence-corrected chi connectivity index (χ0v) is 20.2. The maximum Gasteiger partial charge on any atom is 0.315 e. The minimum atomic E-state index is -0.791. The van der Waals surface area contributed by atoms with Crippen molar-refractivity contribution in [3.8, 4) is 11.5 Å². The number of benzene rings is 1. The molecule has 0 saturated carbocycles. The van der Waals surface area contributed by atoms with E-state index in [0.717, 1.165) is 12.8 Å². The molecule has 178 valence electrons. The van der Waals surface area contributed by atoms with Crippen LogP contribution >= 0.6 is 11.6 Å². The van der Waals surface area contributed by atoms with E-state index in [2.05, 4.69) is 0 Å². The van der Waals surface area contributed by atoms with Crippen LogP contribution in [0.15, 0.2) is 28.4 Å². The van der Waals surface area contributed by atoms with Gasteiger partial charge in [0.25, 0.3) is 0 Å². The molecule has 1 aromatic rings. The molecule has 0 amide bonds. The van der Waals surface area contributed by atoms with Gasteiger partial charge < -0.3 is 19.3 Å². The first-order valence-electron chi connectivity index (χ1n) is 11.3. The van der Waals surface area contributed by atoms with E-state index in [-0.39, 0.29) is 40.4 Å². The Morgan fingerprint density at radius 1 is 1.33 bits per heavy atom. The van der Waals surface area contributed by atoms with Gasteiger partial charge in [-0.15, -0.1) is 0 Å². The quantitative estimate of drug-likeness (QED) is 0.626. The molecule has 0 aromatic heterocycles. The molecule has 1 aromatic carbocycles. The summed E-state index contributed by atoms with van der Waals surface area (Å²) in [5.41, 5.74) is 2.18. The molecule has 0 spiro atoms. The Hall–Kier alpha value is -2.38. The maximum absolute atomic E-state index is 13.4. The zero-order chi connectivity index (χ0) is 23.9. The Bertz CT molecular complexity index is 1040. The molecule has 4 rings (SSSR count). The van der Waals surface area contributed by atoms with Crippen molar-refractivity contribution in [3.63, 3.8) is 0 Å². The molecule has 1 aliphatic carbocycles. The van der Waals surface area contributed by atoms with E-state index >= 15 is 0 Å². The van der Waals surface area contributed by atoms with E-state index in [1.54, 1.807) is 19.1 Å². The fourth-order valence-corrected chi connectivity index (χ4v) is 5.30. The number of rotatable bonds is 5. The van der Waals surface area contributed by atoms with Crippen LogP contribution in [-0.2, 0) is 19.1 Å². The van der Waals surface area contributed by atoms with Crippen molar-refractivity contribution in [2.75, 3.05) is 20.3 Å². The molecule has 2 heterocycles. The fraction of sp³-hybridized carbons (Fsp3) is 0.560. The molecule has 1 saturated heterocycles. The van der Waals surface area contributed by atoms with Gasteiger partial charge in [0.05, 0.1) is 18.2 Å². The number of ether oxygens (including phenoxy) is 3. The van der Waals surface area contributed by atoms with Crippen molar-refractivity contribution in [1.82, 2.24) is 0 Å². The number of phenolic OH excluding ortho intramolecular Hbond substituents is 1. The van der Waals surface area contributed by atoms with Crippen LogP contribution in [0, 0.1) is 11.3 Å². The predicted molar refractivity (Wildman–Crippen MR) is 124 cm³/mol. The van der Waals surface area contributed by atoms with E-state index in [4.69, 9.17) is 30.8 Å². The van der Waals surface area contributed by atoms with Gasteiger partial charge >= 0.3 is 5.97 Å². The van der Waals surface area contributed by atoms with Crippen molar-refractivity contribution in [3.05, 3.63) is 34.0 Å². The molecule has 1 N–H and O–H groups in total. The number of carbonyl (C=O) groups is 2. The fourth-order valence-electron chi connectivity index (χ4n) is 5.08. The van der Waals surface area contributed by atoms with E-state index in [1.807, 2.05) is 13.8 Å². The lowest BCUT2D eigenvalue weighted by Crippen LogP contribution is -2.40. The third kappa shape index (κ3) is 4.66. The predicted octanol–water partition coefficient (Wildman–Crippen LogP) is 4.59. The average molecular weight is 476 g/mol. The number of aliphatic imine (C=N–C) groups is 1. The lowest BCUT2D eigenvalue weighted by molar-refractivity contribution is -0.149. The first-order valence-corrected chi connectivity index (χ1v) is 11.6. The summed E-state index contributed by atoms with van der Waals surface area (Å²) in [5.74, 6) is -1.93. The van der Waals surface area contributed by atoms with Crippen molar-refractivity contribution < 1.29 is 28.9 Å². The number of carbonyl (C=O) groups excluding carboxylic acids is 2. The second-order valence-corrected chi connectivity index (χ2v) is 10.2. The summed E-state index contributed by atoms with van der Waals surface area (Å²) >= 11 is 6.29. The Balaban J connectivity index is 1.78. The highest BCUT2D eigenvalue weighted by Crippen LogP contribution is 2.49. The van der Waals surface area contributed by atoms with Crippen molar-refractivity contribution in [2.45, 2.75) is 58.5 Å². The molecule has 7 nitrogen and oxygen atoms in total. The second kappa shape index (κ2) is 9.11. The number of halogens is 1. The minimum absolute atomic E-state index is 0.0393. The number of nitrogens with zero attached hydrogens (tertiary/aromatic N) is 1. The normalized spacial score (nSPS) is 26.6. The first kappa shape index (κ1) is 23.8. The minimum Gasteiger partial charge on any atom is -0.503 e. The van der Waals surface area contributed by atoms with Crippen LogP contribution in [0.1, 0.15) is 57.9 Å². The Morgan fingerprint density at radius 3 is 2.76 bits per heavy atom. The van der Waals surface area contributed by atoms with Gasteiger partial charge in [-0.3, -0.25) is 14.6 Å². The van der Waals surface area contributed by atoms with E-state index in [1.165, 1.54) is 7.11 Å². The number of esters is 1. The van der Waals surface area contributed by atoms with Gasteiger partial charge in [0.1, 0.15) is 12.5 Å². The highest BCUT2D eigenvalue weighted by molar-refractivity contribution is 6.32.